The Kier molecular flexibility index (Phi) is 7.87. The number of hydrogen-bond acceptors (Lipinski definition) is 11. The summed E-state index contributed by atoms with van der Waals surface area (Å²) in [5.41, 5.74) is 4.29. The number of pyridine rings is 2. The molecule has 11 nitrogen and oxygen atoms in total. The number of aliphatic imine (C=N–C) groups is 4. The third-order valence-electron chi connectivity index (χ3n) is 7.36. The van der Waals surface area contributed by atoms with Crippen molar-refractivity contribution in [3.8, 4) is 22.9 Å². The van der Waals surface area contributed by atoms with Crippen molar-refractivity contribution < 1.29 is 14.2 Å². The van der Waals surface area contributed by atoms with Crippen molar-refractivity contribution in [1.82, 2.24) is 19.9 Å². The fourth-order valence-electron chi connectivity index (χ4n) is 4.86. The number of rotatable bonds is 8. The number of hydrogen-bond donors (Lipinski definition) is 0. The smallest absolute Gasteiger partial charge is 0.218 e. The summed E-state index contributed by atoms with van der Waals surface area (Å²) in [5, 5.41) is 0. The minimum atomic E-state index is -0.338. The lowest BCUT2D eigenvalue weighted by atomic mass is 10.1. The summed E-state index contributed by atoms with van der Waals surface area (Å²) in [6, 6.07) is 9.43. The lowest BCUT2D eigenvalue weighted by Crippen LogP contribution is -2.24. The second-order valence-electron chi connectivity index (χ2n) is 13.3. The van der Waals surface area contributed by atoms with Crippen LogP contribution in [0.15, 0.2) is 87.1 Å². The SMILES string of the molecule is C=C/C(=N\C=C(/C)C1=NCC(C)(C)O1)c1cc(-c2ccc(C3=NCC(C)(C)O3)cn2)nc(-c2ccc(C3=NCC(C)(C)O3)cn2)n1. The molecule has 6 heterocycles. The van der Waals surface area contributed by atoms with Gasteiger partial charge in [0.1, 0.15) is 22.5 Å². The number of aromatic nitrogens is 4. The van der Waals surface area contributed by atoms with Gasteiger partial charge in [-0.1, -0.05) is 6.58 Å². The minimum absolute atomic E-state index is 0.334. The first-order valence-electron chi connectivity index (χ1n) is 15.2. The van der Waals surface area contributed by atoms with Gasteiger partial charge in [-0.3, -0.25) is 15.0 Å². The molecular weight excluding hydrogens is 580 g/mol. The van der Waals surface area contributed by atoms with Gasteiger partial charge in [0.05, 0.1) is 53.6 Å². The molecule has 0 atom stereocenters. The van der Waals surface area contributed by atoms with Crippen LogP contribution in [0.3, 0.4) is 0 Å². The third-order valence-corrected chi connectivity index (χ3v) is 7.36. The van der Waals surface area contributed by atoms with Gasteiger partial charge in [0, 0.05) is 24.2 Å². The van der Waals surface area contributed by atoms with E-state index in [-0.39, 0.29) is 16.8 Å². The minimum Gasteiger partial charge on any atom is -0.470 e. The standard InChI is InChI=1S/C35H38N8O3/c1-9-24(36-15-21(2)30-39-18-33(3,4)44-30)27-14-28(25-12-10-22(16-37-25)31-40-19-34(5,6)45-31)43-29(42-27)26-13-11-23(17-38-26)32-41-20-35(7,8)46-32/h9-17H,1,18-20H2,2-8H3/b21-15+,36-24+. The predicted molar refractivity (Wildman–Crippen MR) is 180 cm³/mol. The first-order chi connectivity index (χ1) is 21.8. The quantitative estimate of drug-likeness (QED) is 0.292. The molecule has 11 heteroatoms. The van der Waals surface area contributed by atoms with Crippen LogP contribution in [0.25, 0.3) is 22.9 Å². The zero-order valence-electron chi connectivity index (χ0n) is 27.3. The summed E-state index contributed by atoms with van der Waals surface area (Å²) >= 11 is 0. The van der Waals surface area contributed by atoms with Crippen LogP contribution < -0.4 is 0 Å². The highest BCUT2D eigenvalue weighted by Crippen LogP contribution is 2.26. The van der Waals surface area contributed by atoms with E-state index < -0.39 is 0 Å². The fourth-order valence-corrected chi connectivity index (χ4v) is 4.86. The molecular formula is C35H38N8O3. The number of ether oxygens (including phenoxy) is 3. The number of allylic oxidation sites excluding steroid dienone is 1. The Bertz CT molecular complexity index is 1740. The van der Waals surface area contributed by atoms with Gasteiger partial charge in [0.25, 0.3) is 0 Å². The maximum Gasteiger partial charge on any atom is 0.218 e. The average molecular weight is 619 g/mol. The van der Waals surface area contributed by atoms with E-state index in [1.807, 2.05) is 78.8 Å². The summed E-state index contributed by atoms with van der Waals surface area (Å²) in [6.07, 6.45) is 6.84. The molecule has 6 rings (SSSR count). The van der Waals surface area contributed by atoms with Crippen molar-refractivity contribution in [2.45, 2.75) is 65.3 Å². The highest BCUT2D eigenvalue weighted by Gasteiger charge is 2.30. The van der Waals surface area contributed by atoms with Gasteiger partial charge in [0.15, 0.2) is 5.82 Å². The maximum atomic E-state index is 5.98. The molecule has 0 radical (unpaired) electrons. The van der Waals surface area contributed by atoms with Crippen LogP contribution in [0.4, 0.5) is 0 Å². The Labute approximate surface area is 269 Å². The van der Waals surface area contributed by atoms with Gasteiger partial charge >= 0.3 is 0 Å². The van der Waals surface area contributed by atoms with E-state index in [0.717, 1.165) is 16.7 Å². The van der Waals surface area contributed by atoms with E-state index in [1.165, 1.54) is 0 Å². The van der Waals surface area contributed by atoms with Gasteiger partial charge in [-0.2, -0.15) is 0 Å². The van der Waals surface area contributed by atoms with Crippen molar-refractivity contribution >= 4 is 23.4 Å². The Morgan fingerprint density at radius 1 is 0.739 bits per heavy atom. The van der Waals surface area contributed by atoms with Crippen LogP contribution in [-0.2, 0) is 14.2 Å². The normalized spacial score (nSPS) is 19.8. The lowest BCUT2D eigenvalue weighted by Gasteiger charge is -2.17. The molecule has 236 valence electrons. The fraction of sp³-hybridized carbons (Fsp3) is 0.371. The largest absolute Gasteiger partial charge is 0.470 e. The molecule has 0 spiro atoms. The molecule has 0 aliphatic carbocycles. The first kappa shape index (κ1) is 30.9. The zero-order valence-corrected chi connectivity index (χ0v) is 27.3. The van der Waals surface area contributed by atoms with Crippen LogP contribution in [0, 0.1) is 0 Å². The van der Waals surface area contributed by atoms with Crippen LogP contribution in [0.5, 0.6) is 0 Å². The van der Waals surface area contributed by atoms with Gasteiger partial charge in [-0.15, -0.1) is 0 Å². The molecule has 3 aromatic rings. The summed E-state index contributed by atoms with van der Waals surface area (Å²) in [5.74, 6) is 2.14. The van der Waals surface area contributed by atoms with Crippen LogP contribution in [0.1, 0.15) is 65.3 Å². The highest BCUT2D eigenvalue weighted by molar-refractivity contribution is 6.08. The van der Waals surface area contributed by atoms with Crippen molar-refractivity contribution in [3.05, 3.63) is 84.0 Å². The molecule has 0 bridgehead atoms. The summed E-state index contributed by atoms with van der Waals surface area (Å²) in [4.78, 5) is 37.4. The van der Waals surface area contributed by atoms with Crippen LogP contribution in [-0.4, -0.2) is 79.8 Å². The number of nitrogens with zero attached hydrogens (tertiary/aromatic N) is 8. The molecule has 0 amide bonds. The average Bonchev–Trinajstić information content (AvgIpc) is 3.71. The van der Waals surface area contributed by atoms with E-state index in [9.17, 15) is 0 Å². The van der Waals surface area contributed by atoms with Gasteiger partial charge in [-0.25, -0.2) is 24.9 Å². The lowest BCUT2D eigenvalue weighted by molar-refractivity contribution is 0.130. The third kappa shape index (κ3) is 6.78. The summed E-state index contributed by atoms with van der Waals surface area (Å²) < 4.78 is 17.9. The second-order valence-corrected chi connectivity index (χ2v) is 13.3. The van der Waals surface area contributed by atoms with Crippen molar-refractivity contribution in [2.75, 3.05) is 19.6 Å². The maximum absolute atomic E-state index is 5.98. The Hall–Kier alpha value is -5.06. The Balaban J connectivity index is 1.36. The van der Waals surface area contributed by atoms with Gasteiger partial charge in [-0.05, 0) is 84.9 Å². The first-order valence-corrected chi connectivity index (χ1v) is 15.2. The van der Waals surface area contributed by atoms with Gasteiger partial charge < -0.3 is 14.2 Å². The van der Waals surface area contributed by atoms with E-state index >= 15 is 0 Å². The van der Waals surface area contributed by atoms with E-state index in [2.05, 4.69) is 26.5 Å². The molecule has 3 aliphatic heterocycles. The zero-order chi connectivity index (χ0) is 32.7. The molecule has 46 heavy (non-hydrogen) atoms. The van der Waals surface area contributed by atoms with Crippen LogP contribution in [0.2, 0.25) is 0 Å². The topological polar surface area (TPSA) is 129 Å². The van der Waals surface area contributed by atoms with Crippen LogP contribution >= 0.6 is 0 Å². The molecule has 0 saturated heterocycles. The molecule has 3 aliphatic rings. The molecule has 0 aromatic carbocycles. The van der Waals surface area contributed by atoms with Crippen molar-refractivity contribution in [2.24, 2.45) is 20.0 Å². The molecule has 0 saturated carbocycles. The van der Waals surface area contributed by atoms with E-state index in [1.54, 1.807) is 24.7 Å². The second kappa shape index (κ2) is 11.7. The summed E-state index contributed by atoms with van der Waals surface area (Å²) in [6.45, 7) is 19.7. The Morgan fingerprint density at radius 3 is 1.78 bits per heavy atom. The predicted octanol–water partition coefficient (Wildman–Crippen LogP) is 5.80. The molecule has 0 fully saturated rings. The van der Waals surface area contributed by atoms with E-state index in [4.69, 9.17) is 34.2 Å². The van der Waals surface area contributed by atoms with Crippen molar-refractivity contribution in [3.63, 3.8) is 0 Å². The monoisotopic (exact) mass is 618 g/mol. The highest BCUT2D eigenvalue weighted by atomic mass is 16.5. The molecule has 0 N–H and O–H groups in total. The summed E-state index contributed by atoms with van der Waals surface area (Å²) in [7, 11) is 0. The molecule has 3 aromatic heterocycles. The Morgan fingerprint density at radius 2 is 1.30 bits per heavy atom. The molecule has 0 unspecified atom stereocenters. The van der Waals surface area contributed by atoms with Crippen molar-refractivity contribution in [1.29, 1.82) is 0 Å². The van der Waals surface area contributed by atoms with E-state index in [0.29, 0.717) is 71.6 Å². The van der Waals surface area contributed by atoms with Gasteiger partial charge in [0.2, 0.25) is 17.7 Å².